The summed E-state index contributed by atoms with van der Waals surface area (Å²) in [5.41, 5.74) is 5.03. The van der Waals surface area contributed by atoms with E-state index >= 15 is 0 Å². The van der Waals surface area contributed by atoms with Crippen LogP contribution in [0.1, 0.15) is 35.1 Å². The molecule has 13 heteroatoms. The first-order chi connectivity index (χ1) is 24.1. The fourth-order valence-electron chi connectivity index (χ4n) is 6.68. The van der Waals surface area contributed by atoms with Gasteiger partial charge in [0.05, 0.1) is 13.7 Å². The van der Waals surface area contributed by atoms with E-state index in [-0.39, 0.29) is 52.3 Å². The molecular formula is C37H31F4N3O6. The summed E-state index contributed by atoms with van der Waals surface area (Å²) < 4.78 is 77.6. The van der Waals surface area contributed by atoms with E-state index in [4.69, 9.17) is 23.3 Å². The minimum Gasteiger partial charge on any atom is -0.468 e. The molecule has 1 saturated heterocycles. The number of methoxy groups -OCH3 is 1. The second-order valence-electron chi connectivity index (χ2n) is 12.1. The molecule has 0 bridgehead atoms. The summed E-state index contributed by atoms with van der Waals surface area (Å²) in [6.45, 7) is 0.764. The van der Waals surface area contributed by atoms with Crippen LogP contribution in [0, 0.1) is 25.5 Å². The highest BCUT2D eigenvalue weighted by atomic mass is 19.3. The van der Waals surface area contributed by atoms with Gasteiger partial charge in [-0.25, -0.2) is 14.4 Å². The molecule has 0 amide bonds. The van der Waals surface area contributed by atoms with Crippen LogP contribution in [0.25, 0.3) is 56.2 Å². The van der Waals surface area contributed by atoms with Crippen LogP contribution in [0.2, 0.25) is 0 Å². The van der Waals surface area contributed by atoms with Gasteiger partial charge in [-0.1, -0.05) is 24.3 Å². The van der Waals surface area contributed by atoms with E-state index in [1.165, 1.54) is 19.2 Å². The monoisotopic (exact) mass is 689 g/mol. The van der Waals surface area contributed by atoms with Gasteiger partial charge in [0.1, 0.15) is 22.8 Å². The van der Waals surface area contributed by atoms with Gasteiger partial charge in [-0.3, -0.25) is 9.69 Å². The summed E-state index contributed by atoms with van der Waals surface area (Å²) >= 11 is 0. The number of aliphatic hydroxyl groups excluding tert-OH is 1. The number of likely N-dealkylation sites (tertiary alicyclic amines) is 1. The van der Waals surface area contributed by atoms with Crippen molar-refractivity contribution in [2.75, 3.05) is 13.7 Å². The van der Waals surface area contributed by atoms with Crippen molar-refractivity contribution in [1.82, 2.24) is 14.9 Å². The topological polar surface area (TPSA) is 111 Å². The molecule has 1 atom stereocenters. The van der Waals surface area contributed by atoms with E-state index in [1.807, 2.05) is 43.0 Å². The lowest BCUT2D eigenvalue weighted by Gasteiger charge is -2.23. The molecule has 0 spiro atoms. The summed E-state index contributed by atoms with van der Waals surface area (Å²) in [5.74, 6) is -2.51. The molecule has 4 aromatic carbocycles. The second-order valence-corrected chi connectivity index (χ2v) is 12.1. The van der Waals surface area contributed by atoms with Gasteiger partial charge >= 0.3 is 12.6 Å². The maximum absolute atomic E-state index is 14.7. The largest absolute Gasteiger partial charge is 0.468 e. The lowest BCUT2D eigenvalue weighted by atomic mass is 9.91. The number of carbonyl (C=O) groups is 1. The summed E-state index contributed by atoms with van der Waals surface area (Å²) in [4.78, 5) is 23.3. The third kappa shape index (κ3) is 5.86. The van der Waals surface area contributed by atoms with Gasteiger partial charge in [0.25, 0.3) is 0 Å². The number of hydrogen-bond acceptors (Lipinski definition) is 9. The second kappa shape index (κ2) is 13.2. The third-order valence-corrected chi connectivity index (χ3v) is 9.22. The number of alkyl halides is 2. The van der Waals surface area contributed by atoms with Gasteiger partial charge in [0.2, 0.25) is 17.6 Å². The van der Waals surface area contributed by atoms with Crippen molar-refractivity contribution >= 4 is 28.2 Å². The quantitative estimate of drug-likeness (QED) is 0.119. The van der Waals surface area contributed by atoms with Gasteiger partial charge in [-0.05, 0) is 79.8 Å². The molecule has 1 fully saturated rings. The zero-order valence-corrected chi connectivity index (χ0v) is 27.2. The van der Waals surface area contributed by atoms with E-state index in [1.54, 1.807) is 18.2 Å². The Morgan fingerprint density at radius 2 is 1.54 bits per heavy atom. The Labute approximate surface area is 283 Å². The van der Waals surface area contributed by atoms with Crippen molar-refractivity contribution in [2.45, 2.75) is 52.5 Å². The Morgan fingerprint density at radius 1 is 0.920 bits per heavy atom. The zero-order valence-electron chi connectivity index (χ0n) is 27.2. The number of fused-ring (bicyclic) bond motifs is 2. The van der Waals surface area contributed by atoms with Crippen molar-refractivity contribution in [2.24, 2.45) is 0 Å². The molecule has 50 heavy (non-hydrogen) atoms. The highest BCUT2D eigenvalue weighted by Gasteiger charge is 2.32. The number of halogens is 4. The minimum absolute atomic E-state index is 0.0713. The molecular weight excluding hydrogens is 658 g/mol. The number of ether oxygens (including phenoxy) is 2. The van der Waals surface area contributed by atoms with Crippen LogP contribution in [0.4, 0.5) is 17.6 Å². The fraction of sp³-hybridized carbons (Fsp3) is 0.270. The normalized spacial score (nSPS) is 15.1. The van der Waals surface area contributed by atoms with Crippen molar-refractivity contribution < 1.29 is 45.8 Å². The van der Waals surface area contributed by atoms with E-state index in [9.17, 15) is 27.5 Å². The predicted octanol–water partition coefficient (Wildman–Crippen LogP) is 8.10. The highest BCUT2D eigenvalue weighted by Crippen LogP contribution is 2.39. The summed E-state index contributed by atoms with van der Waals surface area (Å²) in [5, 5.41) is 9.42. The Kier molecular flexibility index (Phi) is 8.78. The van der Waals surface area contributed by atoms with Crippen LogP contribution in [-0.2, 0) is 22.7 Å². The molecule has 1 aliphatic rings. The number of rotatable bonds is 9. The molecule has 258 valence electrons. The minimum atomic E-state index is -3.07. The average Bonchev–Trinajstić information content (AvgIpc) is 3.85. The van der Waals surface area contributed by atoms with Crippen molar-refractivity contribution in [3.8, 4) is 39.8 Å². The van der Waals surface area contributed by atoms with E-state index in [0.717, 1.165) is 28.7 Å². The van der Waals surface area contributed by atoms with Crippen molar-refractivity contribution in [1.29, 1.82) is 0 Å². The molecule has 2 aromatic heterocycles. The number of oxazole rings is 2. The first-order valence-electron chi connectivity index (χ1n) is 15.9. The standard InChI is InChI=1S/C37H31F4N3O6/c1-18-22(23-8-5-10-25(19(23)2)35-43-27-14-21(17-45)31(38)32(39)33(27)50-35)7-4-9-24(18)34-42-26-13-20(29(49-37(40)41)15-30(26)48-34)16-44-12-6-11-28(44)36(46)47-3/h4-5,7-10,13-15,28,37,45H,6,11-12,16-17H2,1-3H3/t28-/m0/s1. The molecule has 0 unspecified atom stereocenters. The Balaban J connectivity index is 1.26. The average molecular weight is 690 g/mol. The molecule has 1 aliphatic heterocycles. The summed E-state index contributed by atoms with van der Waals surface area (Å²) in [7, 11) is 1.32. The third-order valence-electron chi connectivity index (χ3n) is 9.22. The Hall–Kier alpha value is -5.27. The molecule has 0 radical (unpaired) electrons. The number of carbonyl (C=O) groups excluding carboxylic acids is 1. The lowest BCUT2D eigenvalue weighted by Crippen LogP contribution is -2.36. The summed E-state index contributed by atoms with van der Waals surface area (Å²) in [6.07, 6.45) is 1.36. The number of aromatic nitrogens is 2. The van der Waals surface area contributed by atoms with Gasteiger partial charge < -0.3 is 23.4 Å². The highest BCUT2D eigenvalue weighted by molar-refractivity contribution is 5.85. The molecule has 3 heterocycles. The van der Waals surface area contributed by atoms with E-state index in [2.05, 4.69) is 4.98 Å². The van der Waals surface area contributed by atoms with Gasteiger partial charge in [0, 0.05) is 34.9 Å². The maximum Gasteiger partial charge on any atom is 0.387 e. The SMILES string of the molecule is COC(=O)[C@@H]1CCCN1Cc1cc2nc(-c3cccc(-c4cccc(-c5nc6cc(CO)c(F)c(F)c6o5)c4C)c3C)oc2cc1OC(F)F. The number of esters is 1. The molecule has 9 nitrogen and oxygen atoms in total. The smallest absolute Gasteiger partial charge is 0.387 e. The van der Waals surface area contributed by atoms with Crippen LogP contribution in [0.15, 0.2) is 63.4 Å². The lowest BCUT2D eigenvalue weighted by molar-refractivity contribution is -0.146. The number of aliphatic hydroxyl groups is 1. The maximum atomic E-state index is 14.7. The van der Waals surface area contributed by atoms with Crippen molar-refractivity contribution in [3.63, 3.8) is 0 Å². The van der Waals surface area contributed by atoms with Crippen LogP contribution >= 0.6 is 0 Å². The Bertz CT molecular complexity index is 2270. The molecule has 7 rings (SSSR count). The number of benzene rings is 4. The van der Waals surface area contributed by atoms with Crippen LogP contribution in [-0.4, -0.2) is 52.3 Å². The number of hydrogen-bond donors (Lipinski definition) is 1. The van der Waals surface area contributed by atoms with Crippen LogP contribution < -0.4 is 4.74 Å². The van der Waals surface area contributed by atoms with Crippen LogP contribution in [0.3, 0.4) is 0 Å². The van der Waals surface area contributed by atoms with Gasteiger partial charge in [-0.2, -0.15) is 13.2 Å². The van der Waals surface area contributed by atoms with Crippen LogP contribution in [0.5, 0.6) is 5.75 Å². The Morgan fingerprint density at radius 3 is 2.18 bits per heavy atom. The fourth-order valence-corrected chi connectivity index (χ4v) is 6.68. The van der Waals surface area contributed by atoms with Gasteiger partial charge in [-0.15, -0.1) is 0 Å². The van der Waals surface area contributed by atoms with E-state index < -0.39 is 30.9 Å². The van der Waals surface area contributed by atoms with Gasteiger partial charge in [0.15, 0.2) is 17.0 Å². The van der Waals surface area contributed by atoms with Crippen molar-refractivity contribution in [3.05, 3.63) is 88.5 Å². The summed E-state index contributed by atoms with van der Waals surface area (Å²) in [6, 6.07) is 14.9. The van der Waals surface area contributed by atoms with E-state index in [0.29, 0.717) is 35.2 Å². The number of nitrogens with zero attached hydrogens (tertiary/aromatic N) is 3. The molecule has 0 aliphatic carbocycles. The first-order valence-corrected chi connectivity index (χ1v) is 15.9. The predicted molar refractivity (Wildman–Crippen MR) is 175 cm³/mol. The molecule has 1 N–H and O–H groups in total. The molecule has 0 saturated carbocycles. The molecule has 6 aromatic rings. The first kappa shape index (κ1) is 33.2. The zero-order chi connectivity index (χ0) is 35.3.